The van der Waals surface area contributed by atoms with Crippen LogP contribution in [0.1, 0.15) is 38.8 Å². The number of piperazine rings is 1. The molecular weight excluding hydrogens is 227 g/mol. The van der Waals surface area contributed by atoms with Crippen LogP contribution in [0.15, 0.2) is 24.3 Å². The molecule has 2 nitrogen and oxygen atoms in total. The molecule has 100 valence electrons. The van der Waals surface area contributed by atoms with Crippen molar-refractivity contribution < 1.29 is 4.39 Å². The van der Waals surface area contributed by atoms with Crippen LogP contribution in [0.4, 0.5) is 4.39 Å². The lowest BCUT2D eigenvalue weighted by Gasteiger charge is -2.41. The Morgan fingerprint density at radius 2 is 2.00 bits per heavy atom. The zero-order chi connectivity index (χ0) is 13.1. The first-order chi connectivity index (χ1) is 8.60. The van der Waals surface area contributed by atoms with E-state index in [0.29, 0.717) is 18.1 Å². The van der Waals surface area contributed by atoms with Crippen LogP contribution in [0.5, 0.6) is 0 Å². The molecule has 0 saturated carbocycles. The summed E-state index contributed by atoms with van der Waals surface area (Å²) in [6, 6.07) is 8.35. The normalized spacial score (nSPS) is 27.1. The van der Waals surface area contributed by atoms with Crippen molar-refractivity contribution >= 4 is 0 Å². The SMILES string of the molecule is CCC(c1cccc(F)c1)N1CC(C)NC(C)C1. The minimum Gasteiger partial charge on any atom is -0.309 e. The molecule has 1 saturated heterocycles. The highest BCUT2D eigenvalue weighted by Crippen LogP contribution is 2.26. The number of hydrogen-bond donors (Lipinski definition) is 1. The van der Waals surface area contributed by atoms with E-state index in [1.165, 1.54) is 6.07 Å². The van der Waals surface area contributed by atoms with E-state index >= 15 is 0 Å². The molecule has 0 aromatic heterocycles. The van der Waals surface area contributed by atoms with E-state index in [-0.39, 0.29) is 5.82 Å². The van der Waals surface area contributed by atoms with Crippen molar-refractivity contribution in [2.24, 2.45) is 0 Å². The maximum absolute atomic E-state index is 13.4. The summed E-state index contributed by atoms with van der Waals surface area (Å²) >= 11 is 0. The van der Waals surface area contributed by atoms with Crippen LogP contribution in [0.2, 0.25) is 0 Å². The average Bonchev–Trinajstić information content (AvgIpc) is 2.28. The topological polar surface area (TPSA) is 15.3 Å². The number of nitrogens with one attached hydrogen (secondary N) is 1. The molecule has 1 aliphatic rings. The van der Waals surface area contributed by atoms with E-state index in [1.807, 2.05) is 12.1 Å². The molecule has 18 heavy (non-hydrogen) atoms. The summed E-state index contributed by atoms with van der Waals surface area (Å²) in [6.45, 7) is 8.65. The molecule has 1 fully saturated rings. The van der Waals surface area contributed by atoms with Gasteiger partial charge in [-0.2, -0.15) is 0 Å². The van der Waals surface area contributed by atoms with Crippen LogP contribution < -0.4 is 5.32 Å². The van der Waals surface area contributed by atoms with Crippen LogP contribution in [0.3, 0.4) is 0 Å². The first kappa shape index (κ1) is 13.5. The molecule has 0 spiro atoms. The van der Waals surface area contributed by atoms with Crippen molar-refractivity contribution in [2.45, 2.75) is 45.3 Å². The zero-order valence-electron chi connectivity index (χ0n) is 11.5. The molecule has 3 heteroatoms. The third-order valence-corrected chi connectivity index (χ3v) is 3.65. The van der Waals surface area contributed by atoms with Crippen molar-refractivity contribution in [1.82, 2.24) is 10.2 Å². The molecule has 3 unspecified atom stereocenters. The summed E-state index contributed by atoms with van der Waals surface area (Å²) in [5.41, 5.74) is 1.10. The smallest absolute Gasteiger partial charge is 0.123 e. The Kier molecular flexibility index (Phi) is 4.36. The Labute approximate surface area is 109 Å². The molecule has 0 radical (unpaired) electrons. The summed E-state index contributed by atoms with van der Waals surface area (Å²) < 4.78 is 13.4. The molecule has 0 amide bonds. The van der Waals surface area contributed by atoms with Gasteiger partial charge in [0.25, 0.3) is 0 Å². The minimum absolute atomic E-state index is 0.137. The lowest BCUT2D eigenvalue weighted by Crippen LogP contribution is -2.54. The summed E-state index contributed by atoms with van der Waals surface area (Å²) in [5.74, 6) is -0.137. The largest absolute Gasteiger partial charge is 0.309 e. The maximum atomic E-state index is 13.4. The molecule has 1 aromatic rings. The van der Waals surface area contributed by atoms with E-state index in [9.17, 15) is 4.39 Å². The Hall–Kier alpha value is -0.930. The Bertz CT molecular complexity index is 384. The van der Waals surface area contributed by atoms with Gasteiger partial charge in [-0.15, -0.1) is 0 Å². The first-order valence-electron chi connectivity index (χ1n) is 6.85. The standard InChI is InChI=1S/C15H23FN2/c1-4-15(13-6-5-7-14(16)8-13)18-9-11(2)17-12(3)10-18/h5-8,11-12,15,17H,4,9-10H2,1-3H3. The quantitative estimate of drug-likeness (QED) is 0.887. The summed E-state index contributed by atoms with van der Waals surface area (Å²) in [5, 5.41) is 3.54. The summed E-state index contributed by atoms with van der Waals surface area (Å²) in [6.07, 6.45) is 1.02. The van der Waals surface area contributed by atoms with Crippen LogP contribution in [0.25, 0.3) is 0 Å². The van der Waals surface area contributed by atoms with Crippen LogP contribution in [0, 0.1) is 5.82 Å². The second kappa shape index (κ2) is 5.81. The fraction of sp³-hybridized carbons (Fsp3) is 0.600. The van der Waals surface area contributed by atoms with Gasteiger partial charge in [-0.1, -0.05) is 19.1 Å². The molecule has 3 atom stereocenters. The molecule has 0 aliphatic carbocycles. The highest BCUT2D eigenvalue weighted by molar-refractivity contribution is 5.20. The van der Waals surface area contributed by atoms with Gasteiger partial charge < -0.3 is 5.32 Å². The van der Waals surface area contributed by atoms with Gasteiger partial charge in [0, 0.05) is 31.2 Å². The monoisotopic (exact) mass is 250 g/mol. The van der Waals surface area contributed by atoms with Crippen molar-refractivity contribution in [3.63, 3.8) is 0 Å². The van der Waals surface area contributed by atoms with Gasteiger partial charge in [-0.3, -0.25) is 4.90 Å². The fourth-order valence-corrected chi connectivity index (χ4v) is 3.04. The minimum atomic E-state index is -0.137. The van der Waals surface area contributed by atoms with Crippen molar-refractivity contribution in [3.05, 3.63) is 35.6 Å². The Morgan fingerprint density at radius 3 is 2.56 bits per heavy atom. The number of nitrogens with zero attached hydrogens (tertiary/aromatic N) is 1. The average molecular weight is 250 g/mol. The molecule has 1 aromatic carbocycles. The Morgan fingerprint density at radius 1 is 1.33 bits per heavy atom. The zero-order valence-corrected chi connectivity index (χ0v) is 11.5. The van der Waals surface area contributed by atoms with E-state index in [4.69, 9.17) is 0 Å². The summed E-state index contributed by atoms with van der Waals surface area (Å²) in [7, 11) is 0. The lowest BCUT2D eigenvalue weighted by atomic mass is 9.99. The van der Waals surface area contributed by atoms with Gasteiger partial charge in [-0.05, 0) is 38.0 Å². The highest BCUT2D eigenvalue weighted by atomic mass is 19.1. The van der Waals surface area contributed by atoms with Gasteiger partial charge in [-0.25, -0.2) is 4.39 Å². The van der Waals surface area contributed by atoms with E-state index in [1.54, 1.807) is 6.07 Å². The number of rotatable bonds is 3. The second-order valence-electron chi connectivity index (χ2n) is 5.40. The number of halogens is 1. The first-order valence-corrected chi connectivity index (χ1v) is 6.85. The molecule has 1 heterocycles. The van der Waals surface area contributed by atoms with Crippen molar-refractivity contribution in [2.75, 3.05) is 13.1 Å². The maximum Gasteiger partial charge on any atom is 0.123 e. The van der Waals surface area contributed by atoms with Gasteiger partial charge in [0.1, 0.15) is 5.82 Å². The van der Waals surface area contributed by atoms with E-state index in [0.717, 1.165) is 25.1 Å². The Balaban J connectivity index is 2.17. The fourth-order valence-electron chi connectivity index (χ4n) is 3.04. The summed E-state index contributed by atoms with van der Waals surface area (Å²) in [4.78, 5) is 2.47. The van der Waals surface area contributed by atoms with Crippen molar-refractivity contribution in [1.29, 1.82) is 0 Å². The number of hydrogen-bond acceptors (Lipinski definition) is 2. The predicted octanol–water partition coefficient (Wildman–Crippen LogP) is 2.96. The van der Waals surface area contributed by atoms with Gasteiger partial charge in [0.2, 0.25) is 0 Å². The van der Waals surface area contributed by atoms with E-state index in [2.05, 4.69) is 31.0 Å². The second-order valence-corrected chi connectivity index (χ2v) is 5.40. The molecule has 1 aliphatic heterocycles. The van der Waals surface area contributed by atoms with Gasteiger partial charge >= 0.3 is 0 Å². The lowest BCUT2D eigenvalue weighted by molar-refractivity contribution is 0.119. The van der Waals surface area contributed by atoms with Crippen LogP contribution in [-0.2, 0) is 0 Å². The third-order valence-electron chi connectivity index (χ3n) is 3.65. The van der Waals surface area contributed by atoms with Gasteiger partial charge in [0.05, 0.1) is 0 Å². The van der Waals surface area contributed by atoms with Crippen molar-refractivity contribution in [3.8, 4) is 0 Å². The third kappa shape index (κ3) is 3.09. The molecule has 1 N–H and O–H groups in total. The van der Waals surface area contributed by atoms with Gasteiger partial charge in [0.15, 0.2) is 0 Å². The molecule has 2 rings (SSSR count). The van der Waals surface area contributed by atoms with Crippen LogP contribution in [-0.4, -0.2) is 30.1 Å². The molecule has 0 bridgehead atoms. The predicted molar refractivity (Wildman–Crippen MR) is 73.1 cm³/mol. The van der Waals surface area contributed by atoms with E-state index < -0.39 is 0 Å². The highest BCUT2D eigenvalue weighted by Gasteiger charge is 2.26. The number of benzene rings is 1. The van der Waals surface area contributed by atoms with Crippen LogP contribution >= 0.6 is 0 Å². The molecular formula is C15H23FN2.